The Bertz CT molecular complexity index is 681. The zero-order valence-corrected chi connectivity index (χ0v) is 17.3. The van der Waals surface area contributed by atoms with Crippen LogP contribution in [0.15, 0.2) is 73.3 Å². The van der Waals surface area contributed by atoms with Gasteiger partial charge in [0.15, 0.2) is 0 Å². The Balaban J connectivity index is 2.01. The maximum atomic E-state index is 7.04. The highest BCUT2D eigenvalue weighted by Crippen LogP contribution is 2.38. The monoisotopic (exact) mass is 366 g/mol. The summed E-state index contributed by atoms with van der Waals surface area (Å²) in [5, 5.41) is 2.65. The first-order chi connectivity index (χ1) is 12.4. The highest BCUT2D eigenvalue weighted by molar-refractivity contribution is 6.99. The molecule has 3 rings (SSSR count). The van der Waals surface area contributed by atoms with Gasteiger partial charge in [0.2, 0.25) is 0 Å². The number of hydrogen-bond donors (Lipinski definition) is 0. The van der Waals surface area contributed by atoms with Gasteiger partial charge in [0.25, 0.3) is 8.32 Å². The average Bonchev–Trinajstić information content (AvgIpc) is 3.38. The van der Waals surface area contributed by atoms with Crippen LogP contribution < -0.4 is 10.4 Å². The molecule has 2 aromatic carbocycles. The van der Waals surface area contributed by atoms with Crippen molar-refractivity contribution < 1.29 is 9.16 Å². The van der Waals surface area contributed by atoms with Crippen LogP contribution in [0.3, 0.4) is 0 Å². The zero-order chi connectivity index (χ0) is 18.8. The van der Waals surface area contributed by atoms with Gasteiger partial charge in [-0.15, -0.1) is 6.58 Å². The third-order valence-corrected chi connectivity index (χ3v) is 10.4. The smallest absolute Gasteiger partial charge is 0.261 e. The first-order valence-corrected chi connectivity index (χ1v) is 11.4. The average molecular weight is 367 g/mol. The van der Waals surface area contributed by atoms with E-state index in [1.807, 2.05) is 6.08 Å². The van der Waals surface area contributed by atoms with Crippen molar-refractivity contribution in [2.75, 3.05) is 0 Å². The van der Waals surface area contributed by atoms with Crippen LogP contribution in [-0.2, 0) is 9.16 Å². The number of epoxide rings is 1. The summed E-state index contributed by atoms with van der Waals surface area (Å²) < 4.78 is 12.7. The molecule has 3 atom stereocenters. The lowest BCUT2D eigenvalue weighted by molar-refractivity contribution is 0.182. The van der Waals surface area contributed by atoms with E-state index in [9.17, 15) is 0 Å². The molecule has 0 N–H and O–H groups in total. The summed E-state index contributed by atoms with van der Waals surface area (Å²) >= 11 is 0. The Morgan fingerprint density at radius 2 is 1.54 bits per heavy atom. The van der Waals surface area contributed by atoms with Crippen LogP contribution in [0.25, 0.3) is 0 Å². The van der Waals surface area contributed by atoms with E-state index < -0.39 is 8.32 Å². The predicted octanol–water partition coefficient (Wildman–Crippen LogP) is 4.30. The Labute approximate surface area is 159 Å². The normalized spacial score (nSPS) is 21.2. The Morgan fingerprint density at radius 3 is 1.92 bits per heavy atom. The van der Waals surface area contributed by atoms with E-state index in [0.29, 0.717) is 0 Å². The lowest BCUT2D eigenvalue weighted by Crippen LogP contribution is -2.67. The van der Waals surface area contributed by atoms with E-state index in [0.717, 1.165) is 6.42 Å². The van der Waals surface area contributed by atoms with Crippen LogP contribution in [0.1, 0.15) is 34.1 Å². The number of rotatable bonds is 7. The molecule has 3 heteroatoms. The molecule has 0 aliphatic carbocycles. The standard InChI is InChI=1S/C23H30O2Si/c1-6-21-22(24-21)17-18(2)25-26(23(3,4)5,19-13-9-7-10-14-19)20-15-11-8-12-16-20/h6-16,18,21-22H,1,17H2,2-5H3/t18-,21-,22-/m1/s1. The van der Waals surface area contributed by atoms with Crippen molar-refractivity contribution >= 4 is 18.7 Å². The van der Waals surface area contributed by atoms with Gasteiger partial charge >= 0.3 is 0 Å². The molecule has 26 heavy (non-hydrogen) atoms. The van der Waals surface area contributed by atoms with Crippen LogP contribution in [0.2, 0.25) is 5.04 Å². The van der Waals surface area contributed by atoms with Gasteiger partial charge in [0.1, 0.15) is 6.10 Å². The van der Waals surface area contributed by atoms with Gasteiger partial charge in [0, 0.05) is 12.5 Å². The van der Waals surface area contributed by atoms with Gasteiger partial charge in [-0.1, -0.05) is 87.5 Å². The third-order valence-electron chi connectivity index (χ3n) is 5.21. The van der Waals surface area contributed by atoms with Crippen molar-refractivity contribution in [3.63, 3.8) is 0 Å². The van der Waals surface area contributed by atoms with E-state index in [2.05, 4.69) is 94.9 Å². The van der Waals surface area contributed by atoms with Gasteiger partial charge in [0.05, 0.1) is 6.10 Å². The Kier molecular flexibility index (Phi) is 5.52. The van der Waals surface area contributed by atoms with E-state index in [1.54, 1.807) is 0 Å². The minimum absolute atomic E-state index is 0.00616. The summed E-state index contributed by atoms with van der Waals surface area (Å²) in [5.74, 6) is 0. The van der Waals surface area contributed by atoms with Gasteiger partial charge in [-0.25, -0.2) is 0 Å². The first kappa shape index (κ1) is 19.1. The summed E-state index contributed by atoms with van der Waals surface area (Å²) in [4.78, 5) is 0. The van der Waals surface area contributed by atoms with Crippen LogP contribution in [0, 0.1) is 0 Å². The maximum Gasteiger partial charge on any atom is 0.261 e. The highest BCUT2D eigenvalue weighted by Gasteiger charge is 2.51. The Hall–Kier alpha value is -1.68. The molecule has 1 heterocycles. The molecular weight excluding hydrogens is 336 g/mol. The summed E-state index contributed by atoms with van der Waals surface area (Å²) in [6, 6.07) is 21.6. The summed E-state index contributed by atoms with van der Waals surface area (Å²) in [7, 11) is -2.47. The SMILES string of the molecule is C=C[C@H]1O[C@@H]1C[C@@H](C)O[Si](c1ccccc1)(c1ccccc1)C(C)(C)C. The van der Waals surface area contributed by atoms with E-state index in [1.165, 1.54) is 10.4 Å². The lowest BCUT2D eigenvalue weighted by atomic mass is 10.2. The molecule has 2 nitrogen and oxygen atoms in total. The largest absolute Gasteiger partial charge is 0.405 e. The van der Waals surface area contributed by atoms with Crippen molar-refractivity contribution in [3.05, 3.63) is 73.3 Å². The van der Waals surface area contributed by atoms with Crippen LogP contribution >= 0.6 is 0 Å². The fraction of sp³-hybridized carbons (Fsp3) is 0.391. The summed E-state index contributed by atoms with van der Waals surface area (Å²) in [6.45, 7) is 12.9. The topological polar surface area (TPSA) is 21.8 Å². The zero-order valence-electron chi connectivity index (χ0n) is 16.3. The third kappa shape index (κ3) is 3.71. The molecule has 0 aromatic heterocycles. The number of benzene rings is 2. The second-order valence-corrected chi connectivity index (χ2v) is 12.5. The van der Waals surface area contributed by atoms with Crippen LogP contribution in [0.5, 0.6) is 0 Å². The molecule has 0 saturated carbocycles. The quantitative estimate of drug-likeness (QED) is 0.414. The summed E-state index contributed by atoms with van der Waals surface area (Å²) in [5.41, 5.74) is 0. The van der Waals surface area contributed by atoms with Crippen molar-refractivity contribution in [1.82, 2.24) is 0 Å². The molecule has 0 unspecified atom stereocenters. The molecule has 1 aliphatic rings. The molecular formula is C23H30O2Si. The van der Waals surface area contributed by atoms with Crippen molar-refractivity contribution in [2.24, 2.45) is 0 Å². The minimum Gasteiger partial charge on any atom is -0.405 e. The summed E-state index contributed by atoms with van der Waals surface area (Å²) in [6.07, 6.45) is 3.36. The molecule has 1 aliphatic heterocycles. The van der Waals surface area contributed by atoms with E-state index >= 15 is 0 Å². The molecule has 0 bridgehead atoms. The molecule has 138 valence electrons. The first-order valence-electron chi connectivity index (χ1n) is 9.45. The fourth-order valence-electron chi connectivity index (χ4n) is 3.92. The van der Waals surface area contributed by atoms with E-state index in [4.69, 9.17) is 9.16 Å². The maximum absolute atomic E-state index is 7.04. The van der Waals surface area contributed by atoms with Crippen molar-refractivity contribution in [1.29, 1.82) is 0 Å². The molecule has 0 amide bonds. The second kappa shape index (κ2) is 7.51. The molecule has 0 spiro atoms. The number of ether oxygens (including phenoxy) is 1. The molecule has 2 aromatic rings. The molecule has 1 fully saturated rings. The van der Waals surface area contributed by atoms with E-state index in [-0.39, 0.29) is 23.4 Å². The van der Waals surface area contributed by atoms with Crippen molar-refractivity contribution in [3.8, 4) is 0 Å². The van der Waals surface area contributed by atoms with Gasteiger partial charge in [-0.2, -0.15) is 0 Å². The van der Waals surface area contributed by atoms with Crippen LogP contribution in [-0.4, -0.2) is 26.6 Å². The van der Waals surface area contributed by atoms with Gasteiger partial charge in [-0.05, 0) is 22.3 Å². The van der Waals surface area contributed by atoms with Gasteiger partial charge in [-0.3, -0.25) is 0 Å². The van der Waals surface area contributed by atoms with Crippen molar-refractivity contribution in [2.45, 2.75) is 57.5 Å². The number of hydrogen-bond acceptors (Lipinski definition) is 2. The van der Waals surface area contributed by atoms with Crippen LogP contribution in [0.4, 0.5) is 0 Å². The Morgan fingerprint density at radius 1 is 1.04 bits per heavy atom. The molecule has 1 saturated heterocycles. The predicted molar refractivity (Wildman–Crippen MR) is 112 cm³/mol. The highest BCUT2D eigenvalue weighted by atomic mass is 28.4. The minimum atomic E-state index is -2.47. The molecule has 0 radical (unpaired) electrons. The van der Waals surface area contributed by atoms with Gasteiger partial charge < -0.3 is 9.16 Å². The fourth-order valence-corrected chi connectivity index (χ4v) is 8.64. The second-order valence-electron chi connectivity index (χ2n) is 8.20. The lowest BCUT2D eigenvalue weighted by Gasteiger charge is -2.44.